The summed E-state index contributed by atoms with van der Waals surface area (Å²) < 4.78 is 0. The average molecular weight is 270 g/mol. The fourth-order valence-corrected chi connectivity index (χ4v) is 2.66. The molecule has 0 radical (unpaired) electrons. The highest BCUT2D eigenvalue weighted by atomic mass is 14.9. The van der Waals surface area contributed by atoms with Crippen LogP contribution in [0.4, 0.5) is 0 Å². The van der Waals surface area contributed by atoms with Crippen molar-refractivity contribution in [3.8, 4) is 0 Å². The van der Waals surface area contributed by atoms with Crippen molar-refractivity contribution < 1.29 is 0 Å². The number of hydrogen-bond donors (Lipinski definition) is 1. The number of fused-ring (bicyclic) bond motifs is 1. The van der Waals surface area contributed by atoms with Gasteiger partial charge in [-0.25, -0.2) is 0 Å². The van der Waals surface area contributed by atoms with E-state index in [0.29, 0.717) is 0 Å². The molecule has 1 unspecified atom stereocenters. The molecule has 0 aliphatic carbocycles. The van der Waals surface area contributed by atoms with Gasteiger partial charge in [-0.1, -0.05) is 51.3 Å². The molecule has 0 amide bonds. The van der Waals surface area contributed by atoms with E-state index in [0.717, 1.165) is 24.5 Å². The van der Waals surface area contributed by atoms with Gasteiger partial charge in [-0.2, -0.15) is 0 Å². The van der Waals surface area contributed by atoms with Gasteiger partial charge >= 0.3 is 0 Å². The lowest BCUT2D eigenvalue weighted by atomic mass is 9.99. The molecule has 1 atom stereocenters. The number of nitrogens with zero attached hydrogens (tertiary/aromatic N) is 1. The zero-order valence-electron chi connectivity index (χ0n) is 12.7. The maximum Gasteiger partial charge on any atom is 0.0705 e. The fraction of sp³-hybridized carbons (Fsp3) is 0.500. The Morgan fingerprint density at radius 1 is 1.15 bits per heavy atom. The summed E-state index contributed by atoms with van der Waals surface area (Å²) >= 11 is 0. The Hall–Kier alpha value is -1.41. The van der Waals surface area contributed by atoms with E-state index in [-0.39, 0.29) is 0 Å². The van der Waals surface area contributed by atoms with Gasteiger partial charge in [0.05, 0.1) is 5.52 Å². The lowest BCUT2D eigenvalue weighted by Crippen LogP contribution is -2.22. The first kappa shape index (κ1) is 15.0. The number of para-hydroxylation sites is 1. The third-order valence-electron chi connectivity index (χ3n) is 4.03. The Balaban J connectivity index is 1.92. The second kappa shape index (κ2) is 8.01. The predicted octanol–water partition coefficient (Wildman–Crippen LogP) is 4.54. The van der Waals surface area contributed by atoms with Crippen LogP contribution in [0.5, 0.6) is 0 Å². The third-order valence-corrected chi connectivity index (χ3v) is 4.03. The Bertz CT molecular complexity index is 516. The van der Waals surface area contributed by atoms with Gasteiger partial charge in [0.2, 0.25) is 0 Å². The van der Waals surface area contributed by atoms with Crippen LogP contribution in [-0.4, -0.2) is 11.5 Å². The van der Waals surface area contributed by atoms with Crippen LogP contribution in [0.1, 0.15) is 45.1 Å². The van der Waals surface area contributed by atoms with Crippen LogP contribution in [0.3, 0.4) is 0 Å². The number of rotatable bonds is 8. The minimum atomic E-state index is 0.808. The first-order valence-electron chi connectivity index (χ1n) is 7.88. The van der Waals surface area contributed by atoms with Crippen LogP contribution in [0.2, 0.25) is 0 Å². The SMILES string of the molecule is CCCCC(CC)CNCc1ccnc2ccccc12. The van der Waals surface area contributed by atoms with E-state index < -0.39 is 0 Å². The van der Waals surface area contributed by atoms with Crippen molar-refractivity contribution in [2.75, 3.05) is 6.54 Å². The molecule has 0 bridgehead atoms. The minimum Gasteiger partial charge on any atom is -0.312 e. The summed E-state index contributed by atoms with van der Waals surface area (Å²) in [6.07, 6.45) is 7.17. The molecule has 0 aliphatic heterocycles. The fourth-order valence-electron chi connectivity index (χ4n) is 2.66. The van der Waals surface area contributed by atoms with Crippen LogP contribution in [0.15, 0.2) is 36.5 Å². The van der Waals surface area contributed by atoms with E-state index in [9.17, 15) is 0 Å². The largest absolute Gasteiger partial charge is 0.312 e. The summed E-state index contributed by atoms with van der Waals surface area (Å²) in [6, 6.07) is 10.5. The van der Waals surface area contributed by atoms with Crippen LogP contribution < -0.4 is 5.32 Å². The second-order valence-electron chi connectivity index (χ2n) is 5.53. The van der Waals surface area contributed by atoms with Gasteiger partial charge in [-0.05, 0) is 36.6 Å². The summed E-state index contributed by atoms with van der Waals surface area (Å²) in [4.78, 5) is 4.41. The van der Waals surface area contributed by atoms with Crippen LogP contribution in [0.25, 0.3) is 10.9 Å². The molecule has 2 aromatic rings. The molecule has 0 spiro atoms. The molecule has 0 saturated carbocycles. The van der Waals surface area contributed by atoms with Crippen molar-refractivity contribution in [3.63, 3.8) is 0 Å². The Labute approximate surface area is 122 Å². The number of nitrogens with one attached hydrogen (secondary N) is 1. The first-order valence-corrected chi connectivity index (χ1v) is 7.88. The highest BCUT2D eigenvalue weighted by Crippen LogP contribution is 2.16. The van der Waals surface area contributed by atoms with E-state index in [1.165, 1.54) is 36.6 Å². The zero-order chi connectivity index (χ0) is 14.2. The first-order chi connectivity index (χ1) is 9.85. The quantitative estimate of drug-likeness (QED) is 0.761. The summed E-state index contributed by atoms with van der Waals surface area (Å²) in [5, 5.41) is 4.89. The van der Waals surface area contributed by atoms with Crippen LogP contribution >= 0.6 is 0 Å². The molecule has 1 aromatic carbocycles. The Morgan fingerprint density at radius 3 is 2.80 bits per heavy atom. The number of benzene rings is 1. The van der Waals surface area contributed by atoms with Gasteiger partial charge in [-0.3, -0.25) is 4.98 Å². The number of aromatic nitrogens is 1. The molecule has 2 heteroatoms. The smallest absolute Gasteiger partial charge is 0.0705 e. The third kappa shape index (κ3) is 4.04. The summed E-state index contributed by atoms with van der Waals surface area (Å²) in [5.41, 5.74) is 2.44. The normalized spacial score (nSPS) is 12.7. The topological polar surface area (TPSA) is 24.9 Å². The highest BCUT2D eigenvalue weighted by molar-refractivity contribution is 5.81. The van der Waals surface area contributed by atoms with E-state index in [2.05, 4.69) is 48.4 Å². The van der Waals surface area contributed by atoms with Crippen molar-refractivity contribution in [1.29, 1.82) is 0 Å². The van der Waals surface area contributed by atoms with Crippen molar-refractivity contribution >= 4 is 10.9 Å². The molecule has 1 heterocycles. The Kier molecular flexibility index (Phi) is 6.00. The minimum absolute atomic E-state index is 0.808. The summed E-state index contributed by atoms with van der Waals surface area (Å²) in [6.45, 7) is 6.62. The van der Waals surface area contributed by atoms with Crippen LogP contribution in [0, 0.1) is 5.92 Å². The maximum atomic E-state index is 4.41. The van der Waals surface area contributed by atoms with E-state index in [4.69, 9.17) is 0 Å². The average Bonchev–Trinajstić information content (AvgIpc) is 2.51. The standard InChI is InChI=1S/C18H26N2/c1-3-5-8-15(4-2)13-19-14-16-11-12-20-18-10-7-6-9-17(16)18/h6-7,9-12,15,19H,3-5,8,13-14H2,1-2H3. The molecule has 1 N–H and O–H groups in total. The zero-order valence-corrected chi connectivity index (χ0v) is 12.7. The molecular weight excluding hydrogens is 244 g/mol. The van der Waals surface area contributed by atoms with Crippen LogP contribution in [-0.2, 0) is 6.54 Å². The van der Waals surface area contributed by atoms with Gasteiger partial charge in [0.1, 0.15) is 0 Å². The maximum absolute atomic E-state index is 4.41. The molecule has 2 nitrogen and oxygen atoms in total. The van der Waals surface area contributed by atoms with Gasteiger partial charge < -0.3 is 5.32 Å². The molecule has 1 aromatic heterocycles. The predicted molar refractivity (Wildman–Crippen MR) is 86.8 cm³/mol. The van der Waals surface area contributed by atoms with E-state index in [1.807, 2.05) is 12.3 Å². The van der Waals surface area contributed by atoms with E-state index in [1.54, 1.807) is 0 Å². The van der Waals surface area contributed by atoms with Gasteiger partial charge in [0, 0.05) is 18.1 Å². The lowest BCUT2D eigenvalue weighted by molar-refractivity contribution is 0.419. The monoisotopic (exact) mass is 270 g/mol. The van der Waals surface area contributed by atoms with Gasteiger partial charge in [-0.15, -0.1) is 0 Å². The number of hydrogen-bond acceptors (Lipinski definition) is 2. The number of unbranched alkanes of at least 4 members (excludes halogenated alkanes) is 1. The number of pyridine rings is 1. The molecule has 0 fully saturated rings. The Morgan fingerprint density at radius 2 is 2.00 bits per heavy atom. The molecular formula is C18H26N2. The van der Waals surface area contributed by atoms with Gasteiger partial charge in [0.15, 0.2) is 0 Å². The van der Waals surface area contributed by atoms with Crippen molar-refractivity contribution in [3.05, 3.63) is 42.1 Å². The van der Waals surface area contributed by atoms with Crippen molar-refractivity contribution in [2.24, 2.45) is 5.92 Å². The molecule has 0 aliphatic rings. The van der Waals surface area contributed by atoms with Crippen molar-refractivity contribution in [1.82, 2.24) is 10.3 Å². The highest BCUT2D eigenvalue weighted by Gasteiger charge is 2.06. The summed E-state index contributed by atoms with van der Waals surface area (Å²) in [5.74, 6) is 0.808. The van der Waals surface area contributed by atoms with E-state index >= 15 is 0 Å². The molecule has 0 saturated heterocycles. The van der Waals surface area contributed by atoms with Gasteiger partial charge in [0.25, 0.3) is 0 Å². The molecule has 108 valence electrons. The second-order valence-corrected chi connectivity index (χ2v) is 5.53. The molecule has 20 heavy (non-hydrogen) atoms. The molecule has 2 rings (SSSR count). The lowest BCUT2D eigenvalue weighted by Gasteiger charge is -2.15. The van der Waals surface area contributed by atoms with Crippen molar-refractivity contribution in [2.45, 2.75) is 46.1 Å². The summed E-state index contributed by atoms with van der Waals surface area (Å²) in [7, 11) is 0.